The zero-order valence-corrected chi connectivity index (χ0v) is 11.7. The molecule has 0 aliphatic carbocycles. The van der Waals surface area contributed by atoms with Crippen LogP contribution in [0.2, 0.25) is 0 Å². The first kappa shape index (κ1) is 10.4. The quantitative estimate of drug-likeness (QED) is 0.299. The number of rotatable bonds is 1. The second kappa shape index (κ2) is 3.21. The van der Waals surface area contributed by atoms with Crippen molar-refractivity contribution in [3.63, 3.8) is 0 Å². The average molecular weight is 494 g/mol. The molecule has 0 amide bonds. The van der Waals surface area contributed by atoms with Gasteiger partial charge >= 0.3 is 8.67 Å². The topological polar surface area (TPSA) is 0 Å². The zero-order valence-electron chi connectivity index (χ0n) is 3.27. The van der Waals surface area contributed by atoms with Crippen LogP contribution in [0.25, 0.3) is 0 Å². The van der Waals surface area contributed by atoms with Crippen LogP contribution in [0, 0.1) is 0 Å². The lowest BCUT2D eigenvalue weighted by molar-refractivity contribution is 0.515. The minimum Gasteiger partial charge on any atom is -0.239 e. The summed E-state index contributed by atoms with van der Waals surface area (Å²) >= 11 is 4.60. The van der Waals surface area contributed by atoms with E-state index in [4.69, 9.17) is 0 Å². The highest BCUT2D eigenvalue weighted by molar-refractivity contribution is 14.4. The van der Waals surface area contributed by atoms with Crippen LogP contribution in [0.1, 0.15) is 0 Å². The van der Waals surface area contributed by atoms with Gasteiger partial charge in [0, 0.05) is 0 Å². The molecule has 0 atom stereocenters. The van der Waals surface area contributed by atoms with Crippen LogP contribution in [-0.4, -0.2) is 8.67 Å². The molecule has 0 radical (unpaired) electrons. The summed E-state index contributed by atoms with van der Waals surface area (Å²) in [4.78, 5) is 0. The standard InChI is InChI=1S/F3I3Si2/c1-7(2,3)8(4,5)6. The van der Waals surface area contributed by atoms with Crippen molar-refractivity contribution < 1.29 is 12.3 Å². The maximum absolute atomic E-state index is 11.7. The lowest BCUT2D eigenvalue weighted by Crippen LogP contribution is -2.38. The molecular formula is F3I3Si2. The normalized spacial score (nSPS) is 14.2. The maximum Gasteiger partial charge on any atom is 0.618 e. The fourth-order valence-corrected chi connectivity index (χ4v) is 0. The first-order valence-electron chi connectivity index (χ1n) is 1.38. The van der Waals surface area contributed by atoms with Crippen molar-refractivity contribution in [2.75, 3.05) is 0 Å². The molecule has 0 spiro atoms. The van der Waals surface area contributed by atoms with Crippen molar-refractivity contribution in [3.05, 3.63) is 0 Å². The summed E-state index contributed by atoms with van der Waals surface area (Å²) in [5, 5.41) is 0. The molecule has 0 saturated heterocycles. The molecule has 0 bridgehead atoms. The Morgan fingerprint density at radius 3 is 1.00 bits per heavy atom. The highest BCUT2D eigenvalue weighted by Gasteiger charge is 2.59. The Bertz CT molecular complexity index is 67.5. The van der Waals surface area contributed by atoms with E-state index in [1.165, 1.54) is 65.4 Å². The van der Waals surface area contributed by atoms with Gasteiger partial charge in [0.15, 0.2) is 0 Å². The minimum absolute atomic E-state index is 1.53. The van der Waals surface area contributed by atoms with Crippen LogP contribution in [0.3, 0.4) is 0 Å². The van der Waals surface area contributed by atoms with E-state index in [-0.39, 0.29) is 0 Å². The predicted octanol–water partition coefficient (Wildman–Crippen LogP) is 3.16. The fraction of sp³-hybridized carbons (Fsp3) is 0. The molecule has 0 fully saturated rings. The smallest absolute Gasteiger partial charge is 0.239 e. The average Bonchev–Trinajstić information content (AvgIpc) is 1.25. The molecule has 0 nitrogen and oxygen atoms in total. The lowest BCUT2D eigenvalue weighted by atomic mass is 18.7. The summed E-state index contributed by atoms with van der Waals surface area (Å²) in [7, 11) is -5.26. The molecular weight excluding hydrogens is 494 g/mol. The molecule has 0 unspecified atom stereocenters. The van der Waals surface area contributed by atoms with Crippen molar-refractivity contribution in [2.45, 2.75) is 0 Å². The van der Waals surface area contributed by atoms with Crippen molar-refractivity contribution in [1.29, 1.82) is 0 Å². The molecule has 0 aromatic carbocycles. The number of hydrogen-bond donors (Lipinski definition) is 0. The van der Waals surface area contributed by atoms with Gasteiger partial charge in [0.25, 0.3) is 0 Å². The van der Waals surface area contributed by atoms with E-state index < -0.39 is 8.67 Å². The summed E-state index contributed by atoms with van der Waals surface area (Å²) in [6.07, 6.45) is 0. The van der Waals surface area contributed by atoms with Crippen LogP contribution in [0.15, 0.2) is 0 Å². The third-order valence-corrected chi connectivity index (χ3v) is 19.4. The Labute approximate surface area is 84.9 Å². The van der Waals surface area contributed by atoms with Crippen molar-refractivity contribution in [3.8, 4) is 0 Å². The molecule has 50 valence electrons. The Kier molecular flexibility index (Phi) is 4.18. The van der Waals surface area contributed by atoms with Gasteiger partial charge in [0.2, 0.25) is 0 Å². The van der Waals surface area contributed by atoms with Crippen LogP contribution in [0.4, 0.5) is 12.3 Å². The van der Waals surface area contributed by atoms with Crippen molar-refractivity contribution in [1.82, 2.24) is 0 Å². The highest BCUT2D eigenvalue weighted by Crippen LogP contribution is 2.40. The molecule has 8 heteroatoms. The van der Waals surface area contributed by atoms with Crippen LogP contribution < -0.4 is 0 Å². The molecule has 0 aliphatic heterocycles. The van der Waals surface area contributed by atoms with E-state index >= 15 is 0 Å². The Balaban J connectivity index is 4.02. The van der Waals surface area contributed by atoms with Crippen LogP contribution >= 0.6 is 65.4 Å². The van der Waals surface area contributed by atoms with Gasteiger partial charge in [-0.25, -0.2) is 12.3 Å². The first-order valence-corrected chi connectivity index (χ1v) is 15.4. The van der Waals surface area contributed by atoms with Gasteiger partial charge < -0.3 is 0 Å². The Hall–Kier alpha value is 2.41. The maximum atomic E-state index is 11.7. The van der Waals surface area contributed by atoms with E-state index in [2.05, 4.69) is 0 Å². The minimum atomic E-state index is -5.26. The Morgan fingerprint density at radius 2 is 1.00 bits per heavy atom. The summed E-state index contributed by atoms with van der Waals surface area (Å²) in [6, 6.07) is 0. The monoisotopic (exact) mass is 494 g/mol. The third kappa shape index (κ3) is 3.55. The number of halogens is 6. The van der Waals surface area contributed by atoms with Gasteiger partial charge in [-0.3, -0.25) is 0 Å². The van der Waals surface area contributed by atoms with Crippen LogP contribution in [0.5, 0.6) is 0 Å². The van der Waals surface area contributed by atoms with Crippen LogP contribution in [-0.2, 0) is 0 Å². The van der Waals surface area contributed by atoms with Crippen molar-refractivity contribution >= 4 is 74.1 Å². The molecule has 0 saturated carbocycles. The SMILES string of the molecule is F[Si](F)(F)[Si](I)(I)I. The van der Waals surface area contributed by atoms with Gasteiger partial charge in [-0.15, -0.1) is 0 Å². The summed E-state index contributed by atoms with van der Waals surface area (Å²) in [5.74, 6) is 0. The van der Waals surface area contributed by atoms with Gasteiger partial charge in [0.1, 0.15) is 0 Å². The first-order chi connectivity index (χ1) is 3.25. The van der Waals surface area contributed by atoms with Gasteiger partial charge in [0.05, 0.1) is 0 Å². The highest BCUT2D eigenvalue weighted by atomic mass is 127. The Morgan fingerprint density at radius 1 is 0.875 bits per heavy atom. The molecule has 0 aromatic heterocycles. The second-order valence-corrected chi connectivity index (χ2v) is 49.2. The number of hydrogen-bond acceptors (Lipinski definition) is 0. The third-order valence-electron chi connectivity index (χ3n) is 0.321. The molecule has 0 aromatic rings. The van der Waals surface area contributed by atoms with E-state index in [9.17, 15) is 12.3 Å². The summed E-state index contributed by atoms with van der Waals surface area (Å²) < 4.78 is 32.4. The second-order valence-electron chi connectivity index (χ2n) is 0.996. The van der Waals surface area contributed by atoms with Gasteiger partial charge in [-0.2, -0.15) is 0 Å². The summed E-state index contributed by atoms with van der Waals surface area (Å²) in [6.45, 7) is 0. The predicted molar refractivity (Wildman–Crippen MR) is 56.9 cm³/mol. The molecule has 8 heavy (non-hydrogen) atoms. The molecule has 0 N–H and O–H groups in total. The van der Waals surface area contributed by atoms with E-state index in [0.29, 0.717) is 0 Å². The zero-order chi connectivity index (χ0) is 7.00. The van der Waals surface area contributed by atoms with E-state index in [0.717, 1.165) is 0 Å². The fourth-order valence-electron chi connectivity index (χ4n) is 0. The molecule has 0 rings (SSSR count). The van der Waals surface area contributed by atoms with E-state index in [1.54, 1.807) is 0 Å². The van der Waals surface area contributed by atoms with Gasteiger partial charge in [-0.05, 0) is 0 Å². The molecule has 0 aliphatic rings. The largest absolute Gasteiger partial charge is 0.618 e. The van der Waals surface area contributed by atoms with Gasteiger partial charge in [-0.1, -0.05) is 65.4 Å². The van der Waals surface area contributed by atoms with E-state index in [1.807, 2.05) is 0 Å². The lowest BCUT2D eigenvalue weighted by Gasteiger charge is -2.08. The van der Waals surface area contributed by atoms with Crippen molar-refractivity contribution in [2.24, 2.45) is 0 Å². The molecule has 0 heterocycles. The summed E-state index contributed by atoms with van der Waals surface area (Å²) in [5.41, 5.74) is 0.